The normalized spacial score (nSPS) is 12.0. The summed E-state index contributed by atoms with van der Waals surface area (Å²) in [4.78, 5) is 18.3. The lowest BCUT2D eigenvalue weighted by atomic mass is 9.97. The van der Waals surface area contributed by atoms with E-state index in [4.69, 9.17) is 23.2 Å². The highest BCUT2D eigenvalue weighted by atomic mass is 35.5. The molecule has 1 aliphatic rings. The lowest BCUT2D eigenvalue weighted by Gasteiger charge is -2.30. The van der Waals surface area contributed by atoms with Crippen LogP contribution in [0.2, 0.25) is 10.0 Å². The van der Waals surface area contributed by atoms with Crippen LogP contribution in [0.1, 0.15) is 74.9 Å². The monoisotopic (exact) mass is 596 g/mol. The Morgan fingerprint density at radius 3 is 2.18 bits per heavy atom. The molecule has 1 aromatic heterocycles. The van der Waals surface area contributed by atoms with Crippen LogP contribution in [0.3, 0.4) is 0 Å². The number of fused-ring (bicyclic) bond motifs is 1. The Hall–Kier alpha value is -2.52. The first-order valence-corrected chi connectivity index (χ1v) is 13.4. The van der Waals surface area contributed by atoms with Crippen LogP contribution < -0.4 is 0 Å². The number of nitrogens with zero attached hydrogens (tertiary/aromatic N) is 2. The molecule has 0 bridgehead atoms. The molecule has 0 unspecified atom stereocenters. The van der Waals surface area contributed by atoms with Crippen molar-refractivity contribution in [2.24, 2.45) is 0 Å². The first-order chi connectivity index (χ1) is 18.5. The molecule has 0 saturated heterocycles. The van der Waals surface area contributed by atoms with Gasteiger partial charge in [-0.2, -0.15) is 13.2 Å². The van der Waals surface area contributed by atoms with Crippen molar-refractivity contribution in [2.75, 3.05) is 13.7 Å². The maximum Gasteiger partial charge on any atom is 0.417 e. The van der Waals surface area contributed by atoms with E-state index in [9.17, 15) is 32.6 Å². The molecule has 0 saturated carbocycles. The van der Waals surface area contributed by atoms with Crippen LogP contribution in [0, 0.1) is 0 Å². The molecular weight excluding hydrogens is 559 g/mol. The van der Waals surface area contributed by atoms with Crippen molar-refractivity contribution >= 4 is 29.1 Å². The molecule has 3 rings (SSSR count). The fourth-order valence-electron chi connectivity index (χ4n) is 3.88. The van der Waals surface area contributed by atoms with Gasteiger partial charge in [0, 0.05) is 31.4 Å². The Morgan fingerprint density at radius 2 is 1.67 bits per heavy atom. The van der Waals surface area contributed by atoms with Gasteiger partial charge in [-0.15, -0.1) is 6.58 Å². The number of pyridine rings is 1. The van der Waals surface area contributed by atoms with Crippen LogP contribution in [-0.2, 0) is 36.8 Å². The van der Waals surface area contributed by atoms with E-state index in [1.54, 1.807) is 11.0 Å². The minimum atomic E-state index is -4.44. The number of amides is 1. The van der Waals surface area contributed by atoms with Crippen molar-refractivity contribution in [3.63, 3.8) is 0 Å². The molecule has 220 valence electrons. The van der Waals surface area contributed by atoms with Crippen LogP contribution >= 0.6 is 23.2 Å². The van der Waals surface area contributed by atoms with Crippen molar-refractivity contribution < 1.29 is 32.6 Å². The molecule has 2 aromatic rings. The fraction of sp³-hybridized carbons (Fsp3) is 0.500. The molecular formula is C28H38Cl2F4N2O3. The number of alkyl halides is 4. The number of aromatic nitrogens is 1. The molecule has 0 fully saturated rings. The van der Waals surface area contributed by atoms with Gasteiger partial charge in [0.05, 0.1) is 22.8 Å². The second-order valence-corrected chi connectivity index (χ2v) is 8.94. The highest BCUT2D eigenvalue weighted by molar-refractivity contribution is 6.36. The third-order valence-corrected chi connectivity index (χ3v) is 6.39. The number of carbonyl (C=O) groups excluding carboxylic acids is 1. The number of aromatic hydroxyl groups is 2. The van der Waals surface area contributed by atoms with E-state index in [1.165, 1.54) is 0 Å². The predicted molar refractivity (Wildman–Crippen MR) is 149 cm³/mol. The number of aryl methyl sites for hydroxylation is 2. The van der Waals surface area contributed by atoms with Crippen LogP contribution in [0.4, 0.5) is 17.6 Å². The smallest absolute Gasteiger partial charge is 0.417 e. The highest BCUT2D eigenvalue weighted by Crippen LogP contribution is 2.46. The molecule has 11 heteroatoms. The Balaban J connectivity index is 0.00000189. The van der Waals surface area contributed by atoms with Crippen LogP contribution in [-0.4, -0.2) is 39.7 Å². The molecule has 0 radical (unpaired) electrons. The van der Waals surface area contributed by atoms with E-state index < -0.39 is 23.2 Å². The Morgan fingerprint density at radius 1 is 1.13 bits per heavy atom. The SMILES string of the molecule is C=CC.CC.CCCc1cc(C(F)(F)F)cnc1CCCC(=O)N1CCc2c(Cl)c(O)c(O)c(Cl)c2C1.CF. The molecule has 0 atom stereocenters. The van der Waals surface area contributed by atoms with Gasteiger partial charge in [-0.1, -0.05) is 56.5 Å². The number of phenols is 2. The summed E-state index contributed by atoms with van der Waals surface area (Å²) in [6.07, 6.45) is 0.729. The van der Waals surface area contributed by atoms with E-state index in [1.807, 2.05) is 27.7 Å². The fourth-order valence-corrected chi connectivity index (χ4v) is 4.44. The summed E-state index contributed by atoms with van der Waals surface area (Å²) in [5.41, 5.74) is 1.47. The summed E-state index contributed by atoms with van der Waals surface area (Å²) in [6, 6.07) is 1.14. The summed E-state index contributed by atoms with van der Waals surface area (Å²) in [6.45, 7) is 11.7. The van der Waals surface area contributed by atoms with E-state index in [0.29, 0.717) is 68.2 Å². The second kappa shape index (κ2) is 17.9. The molecule has 5 nitrogen and oxygen atoms in total. The Labute approximate surface area is 238 Å². The standard InChI is InChI=1S/C22H23Cl2F3N2O3.C3H6.C2H6.CH3F/c1-2-4-12-9-13(22(25,26)27)10-28-16(12)5-3-6-17(30)29-8-7-14-15(11-29)19(24)21(32)20(31)18(14)23;1-3-2;2*1-2/h9-10,31-32H,2-8,11H2,1H3;3H,1H2,2H3;1-2H3;1H3. The van der Waals surface area contributed by atoms with Gasteiger partial charge in [0.25, 0.3) is 0 Å². The summed E-state index contributed by atoms with van der Waals surface area (Å²) in [7, 11) is 0.500. The molecule has 2 N–H and O–H groups in total. The minimum absolute atomic E-state index is 0.0300. The molecule has 39 heavy (non-hydrogen) atoms. The van der Waals surface area contributed by atoms with Crippen molar-refractivity contribution in [3.8, 4) is 11.5 Å². The maximum atomic E-state index is 13.0. The van der Waals surface area contributed by atoms with Gasteiger partial charge in [-0.25, -0.2) is 0 Å². The van der Waals surface area contributed by atoms with E-state index in [-0.39, 0.29) is 28.9 Å². The average molecular weight is 598 g/mol. The quantitative estimate of drug-likeness (QED) is 0.199. The van der Waals surface area contributed by atoms with Gasteiger partial charge in [0.1, 0.15) is 0 Å². The number of allylic oxidation sites excluding steroid dienone is 1. The predicted octanol–water partition coefficient (Wildman–Crippen LogP) is 8.48. The summed E-state index contributed by atoms with van der Waals surface area (Å²) < 4.78 is 48.4. The van der Waals surface area contributed by atoms with Crippen molar-refractivity contribution in [3.05, 3.63) is 62.9 Å². The number of halogens is 6. The van der Waals surface area contributed by atoms with Gasteiger partial charge >= 0.3 is 6.18 Å². The average Bonchev–Trinajstić information content (AvgIpc) is 2.93. The molecule has 0 spiro atoms. The first kappa shape index (κ1) is 36.5. The van der Waals surface area contributed by atoms with Gasteiger partial charge in [-0.05, 0) is 55.4 Å². The minimum Gasteiger partial charge on any atom is -0.503 e. The number of phenolic OH excluding ortho intramolecular Hbond substituents is 2. The lowest BCUT2D eigenvalue weighted by Crippen LogP contribution is -2.36. The van der Waals surface area contributed by atoms with E-state index >= 15 is 0 Å². The van der Waals surface area contributed by atoms with Crippen molar-refractivity contribution in [1.82, 2.24) is 9.88 Å². The van der Waals surface area contributed by atoms with Crippen LogP contribution in [0.5, 0.6) is 11.5 Å². The zero-order chi connectivity index (χ0) is 30.3. The van der Waals surface area contributed by atoms with E-state index in [2.05, 4.69) is 11.6 Å². The van der Waals surface area contributed by atoms with Gasteiger partial charge in [0.15, 0.2) is 11.5 Å². The van der Waals surface area contributed by atoms with Gasteiger partial charge in [0.2, 0.25) is 5.91 Å². The topological polar surface area (TPSA) is 73.7 Å². The zero-order valence-corrected chi connectivity index (χ0v) is 24.6. The Bertz CT molecular complexity index is 1080. The molecule has 0 aliphatic carbocycles. The summed E-state index contributed by atoms with van der Waals surface area (Å²) >= 11 is 12.2. The third kappa shape index (κ3) is 10.2. The van der Waals surface area contributed by atoms with Crippen LogP contribution in [0.25, 0.3) is 0 Å². The number of hydrogen-bond donors (Lipinski definition) is 2. The highest BCUT2D eigenvalue weighted by Gasteiger charge is 2.32. The van der Waals surface area contributed by atoms with Gasteiger partial charge in [-0.3, -0.25) is 14.2 Å². The number of benzene rings is 1. The van der Waals surface area contributed by atoms with Gasteiger partial charge < -0.3 is 15.1 Å². The van der Waals surface area contributed by atoms with Crippen LogP contribution in [0.15, 0.2) is 24.9 Å². The number of carbonyl (C=O) groups is 1. The largest absolute Gasteiger partial charge is 0.503 e. The number of hydrogen-bond acceptors (Lipinski definition) is 4. The first-order valence-electron chi connectivity index (χ1n) is 12.6. The zero-order valence-electron chi connectivity index (χ0n) is 23.1. The Kier molecular flexibility index (Phi) is 16.8. The van der Waals surface area contributed by atoms with Crippen molar-refractivity contribution in [2.45, 2.75) is 78.9 Å². The number of rotatable bonds is 6. The maximum absolute atomic E-state index is 13.0. The van der Waals surface area contributed by atoms with Crippen molar-refractivity contribution in [1.29, 1.82) is 0 Å². The summed E-state index contributed by atoms with van der Waals surface area (Å²) in [5, 5.41) is 19.8. The van der Waals surface area contributed by atoms with E-state index in [0.717, 1.165) is 12.3 Å². The molecule has 1 aliphatic heterocycles. The second-order valence-electron chi connectivity index (χ2n) is 8.19. The molecule has 1 aromatic carbocycles. The molecule has 1 amide bonds. The summed E-state index contributed by atoms with van der Waals surface area (Å²) in [5.74, 6) is -1.12. The molecule has 2 heterocycles. The third-order valence-electron chi connectivity index (χ3n) is 5.58. The lowest BCUT2D eigenvalue weighted by molar-refractivity contribution is -0.138.